The summed E-state index contributed by atoms with van der Waals surface area (Å²) >= 11 is 3.37. The third-order valence-electron chi connectivity index (χ3n) is 2.98. The van der Waals surface area contributed by atoms with Crippen molar-refractivity contribution >= 4 is 21.8 Å². The molecule has 1 unspecified atom stereocenters. The van der Waals surface area contributed by atoms with E-state index >= 15 is 0 Å². The highest BCUT2D eigenvalue weighted by molar-refractivity contribution is 9.10. The second-order valence-electron chi connectivity index (χ2n) is 4.32. The molecule has 1 aromatic carbocycles. The van der Waals surface area contributed by atoms with E-state index in [4.69, 9.17) is 4.74 Å². The fourth-order valence-corrected chi connectivity index (χ4v) is 2.22. The Morgan fingerprint density at radius 1 is 1.56 bits per heavy atom. The van der Waals surface area contributed by atoms with Crippen LogP contribution in [0.3, 0.4) is 0 Å². The number of carbonyl (C=O) groups excluding carboxylic acids is 1. The molecule has 0 aliphatic carbocycles. The first kappa shape index (κ1) is 13.4. The van der Waals surface area contributed by atoms with Crippen LogP contribution in [0.15, 0.2) is 22.7 Å². The van der Waals surface area contributed by atoms with Gasteiger partial charge in [0.15, 0.2) is 0 Å². The van der Waals surface area contributed by atoms with Crippen LogP contribution < -0.4 is 4.74 Å². The predicted octanol–water partition coefficient (Wildman–Crippen LogP) is 2.11. The number of halogens is 1. The Labute approximate surface area is 115 Å². The van der Waals surface area contributed by atoms with Crippen molar-refractivity contribution in [3.63, 3.8) is 0 Å². The lowest BCUT2D eigenvalue weighted by Crippen LogP contribution is -2.12. The average molecular weight is 314 g/mol. The lowest BCUT2D eigenvalue weighted by atomic mass is 10.0. The molecule has 1 amide bonds. The molecule has 0 radical (unpaired) electrons. The van der Waals surface area contributed by atoms with Crippen molar-refractivity contribution < 1.29 is 14.6 Å². The standard InChI is InChI=1S/C13H16BrNO3/c1-18-12-4-2-9(14)8-10(12)11(16)3-5-13(17)15-6-7-15/h2,4,8,11,16H,3,5-7H2,1H3. The highest BCUT2D eigenvalue weighted by Gasteiger charge is 2.24. The van der Waals surface area contributed by atoms with E-state index in [1.807, 2.05) is 12.1 Å². The zero-order chi connectivity index (χ0) is 13.1. The summed E-state index contributed by atoms with van der Waals surface area (Å²) in [6.07, 6.45) is 0.111. The maximum atomic E-state index is 11.5. The zero-order valence-corrected chi connectivity index (χ0v) is 11.8. The fourth-order valence-electron chi connectivity index (χ4n) is 1.84. The largest absolute Gasteiger partial charge is 0.496 e. The molecule has 0 saturated carbocycles. The number of nitrogens with zero attached hydrogens (tertiary/aromatic N) is 1. The van der Waals surface area contributed by atoms with Crippen molar-refractivity contribution in [2.75, 3.05) is 20.2 Å². The molecule has 4 nitrogen and oxygen atoms in total. The van der Waals surface area contributed by atoms with Gasteiger partial charge in [0.05, 0.1) is 13.2 Å². The number of aliphatic hydroxyl groups excluding tert-OH is 1. The molecular weight excluding hydrogens is 298 g/mol. The van der Waals surface area contributed by atoms with E-state index in [-0.39, 0.29) is 5.91 Å². The van der Waals surface area contributed by atoms with Crippen molar-refractivity contribution in [2.24, 2.45) is 0 Å². The minimum absolute atomic E-state index is 0.114. The Kier molecular flexibility index (Phi) is 4.24. The number of benzene rings is 1. The maximum Gasteiger partial charge on any atom is 0.222 e. The van der Waals surface area contributed by atoms with Crippen LogP contribution in [0.2, 0.25) is 0 Å². The number of aliphatic hydroxyl groups is 1. The summed E-state index contributed by atoms with van der Waals surface area (Å²) in [6, 6.07) is 5.48. The Balaban J connectivity index is 2.00. The monoisotopic (exact) mass is 313 g/mol. The molecule has 2 rings (SSSR count). The molecule has 0 bridgehead atoms. The fraction of sp³-hybridized carbons (Fsp3) is 0.462. The van der Waals surface area contributed by atoms with Crippen LogP contribution in [0.1, 0.15) is 24.5 Å². The summed E-state index contributed by atoms with van der Waals surface area (Å²) < 4.78 is 6.10. The first-order chi connectivity index (χ1) is 8.61. The molecule has 1 saturated heterocycles. The molecule has 98 valence electrons. The number of rotatable bonds is 5. The van der Waals surface area contributed by atoms with Gasteiger partial charge in [0.1, 0.15) is 5.75 Å². The predicted molar refractivity (Wildman–Crippen MR) is 71.5 cm³/mol. The molecular formula is C13H16BrNO3. The van der Waals surface area contributed by atoms with E-state index in [0.29, 0.717) is 24.2 Å². The molecule has 18 heavy (non-hydrogen) atoms. The van der Waals surface area contributed by atoms with Gasteiger partial charge in [0.2, 0.25) is 5.91 Å². The van der Waals surface area contributed by atoms with Crippen LogP contribution in [-0.4, -0.2) is 36.1 Å². The van der Waals surface area contributed by atoms with E-state index in [9.17, 15) is 9.90 Å². The van der Waals surface area contributed by atoms with E-state index in [2.05, 4.69) is 15.9 Å². The maximum absolute atomic E-state index is 11.5. The molecule has 1 heterocycles. The normalized spacial score (nSPS) is 15.4. The second-order valence-corrected chi connectivity index (χ2v) is 5.24. The number of ether oxygens (including phenoxy) is 1. The average Bonchev–Trinajstić information content (AvgIpc) is 3.19. The van der Waals surface area contributed by atoms with Gasteiger partial charge < -0.3 is 14.7 Å². The number of hydrogen-bond acceptors (Lipinski definition) is 3. The summed E-state index contributed by atoms with van der Waals surface area (Å²) in [7, 11) is 1.57. The third-order valence-corrected chi connectivity index (χ3v) is 3.48. The lowest BCUT2D eigenvalue weighted by Gasteiger charge is -2.15. The summed E-state index contributed by atoms with van der Waals surface area (Å²) in [6.45, 7) is 1.71. The molecule has 1 fully saturated rings. The first-order valence-corrected chi connectivity index (χ1v) is 6.70. The molecule has 0 aromatic heterocycles. The van der Waals surface area contributed by atoms with Gasteiger partial charge in [-0.2, -0.15) is 0 Å². The van der Waals surface area contributed by atoms with E-state index in [1.165, 1.54) is 0 Å². The minimum Gasteiger partial charge on any atom is -0.496 e. The summed E-state index contributed by atoms with van der Waals surface area (Å²) in [4.78, 5) is 13.3. The van der Waals surface area contributed by atoms with E-state index in [1.54, 1.807) is 18.1 Å². The topological polar surface area (TPSA) is 49.5 Å². The molecule has 0 spiro atoms. The molecule has 1 aromatic rings. The molecule has 1 N–H and O–H groups in total. The van der Waals surface area contributed by atoms with E-state index < -0.39 is 6.10 Å². The summed E-state index contributed by atoms with van der Waals surface area (Å²) in [5.41, 5.74) is 0.713. The Bertz CT molecular complexity index is 446. The van der Waals surface area contributed by atoms with Gasteiger partial charge in [-0.05, 0) is 24.6 Å². The highest BCUT2D eigenvalue weighted by atomic mass is 79.9. The Hall–Kier alpha value is -1.07. The van der Waals surface area contributed by atoms with Gasteiger partial charge in [-0.25, -0.2) is 0 Å². The van der Waals surface area contributed by atoms with Crippen LogP contribution in [0.5, 0.6) is 5.75 Å². The Morgan fingerprint density at radius 3 is 2.89 bits per heavy atom. The van der Waals surface area contributed by atoms with E-state index in [0.717, 1.165) is 17.6 Å². The van der Waals surface area contributed by atoms with Crippen molar-refractivity contribution in [2.45, 2.75) is 18.9 Å². The second kappa shape index (κ2) is 5.71. The highest BCUT2D eigenvalue weighted by Crippen LogP contribution is 2.31. The summed E-state index contributed by atoms with van der Waals surface area (Å²) in [5.74, 6) is 0.757. The summed E-state index contributed by atoms with van der Waals surface area (Å²) in [5, 5.41) is 10.1. The molecule has 1 atom stereocenters. The lowest BCUT2D eigenvalue weighted by molar-refractivity contribution is -0.126. The number of hydrogen-bond donors (Lipinski definition) is 1. The van der Waals surface area contributed by atoms with Crippen molar-refractivity contribution in [1.29, 1.82) is 0 Å². The quantitative estimate of drug-likeness (QED) is 0.847. The smallest absolute Gasteiger partial charge is 0.222 e. The van der Waals surface area contributed by atoms with Crippen LogP contribution in [-0.2, 0) is 4.79 Å². The number of amides is 1. The van der Waals surface area contributed by atoms with Gasteiger partial charge in [-0.3, -0.25) is 4.79 Å². The van der Waals surface area contributed by atoms with Crippen LogP contribution >= 0.6 is 15.9 Å². The van der Waals surface area contributed by atoms with Gasteiger partial charge >= 0.3 is 0 Å². The van der Waals surface area contributed by atoms with Gasteiger partial charge in [0.25, 0.3) is 0 Å². The van der Waals surface area contributed by atoms with Crippen LogP contribution in [0, 0.1) is 0 Å². The first-order valence-electron chi connectivity index (χ1n) is 5.91. The van der Waals surface area contributed by atoms with Crippen LogP contribution in [0.4, 0.5) is 0 Å². The van der Waals surface area contributed by atoms with Gasteiger partial charge in [0, 0.05) is 29.5 Å². The van der Waals surface area contributed by atoms with Crippen LogP contribution in [0.25, 0.3) is 0 Å². The zero-order valence-electron chi connectivity index (χ0n) is 10.2. The number of carbonyl (C=O) groups is 1. The number of methoxy groups -OCH3 is 1. The third kappa shape index (κ3) is 3.23. The SMILES string of the molecule is COc1ccc(Br)cc1C(O)CCC(=O)N1CC1. The molecule has 1 aliphatic rings. The molecule has 5 heteroatoms. The minimum atomic E-state index is -0.679. The van der Waals surface area contributed by atoms with Crippen molar-refractivity contribution in [1.82, 2.24) is 4.90 Å². The van der Waals surface area contributed by atoms with Gasteiger partial charge in [-0.15, -0.1) is 0 Å². The van der Waals surface area contributed by atoms with Crippen molar-refractivity contribution in [3.8, 4) is 5.75 Å². The van der Waals surface area contributed by atoms with Gasteiger partial charge in [-0.1, -0.05) is 15.9 Å². The van der Waals surface area contributed by atoms with Crippen molar-refractivity contribution in [3.05, 3.63) is 28.2 Å². The molecule has 1 aliphatic heterocycles. The Morgan fingerprint density at radius 2 is 2.28 bits per heavy atom.